The quantitative estimate of drug-likeness (QED) is 0.782. The Balaban J connectivity index is 0.00000121. The molecule has 1 aromatic rings. The van der Waals surface area contributed by atoms with E-state index in [9.17, 15) is 0 Å². The van der Waals surface area contributed by atoms with Crippen LogP contribution in [0, 0.1) is 0 Å². The molecule has 0 spiro atoms. The standard InChI is InChI=1S/C8H15N3.ClH/c1-2-3-5-11-6-4-10-8(11)7-9;/h4,6H,2-3,5,7,9H2,1H3;1H. The highest BCUT2D eigenvalue weighted by Crippen LogP contribution is 1.99. The van der Waals surface area contributed by atoms with Crippen molar-refractivity contribution < 1.29 is 0 Å². The Hall–Kier alpha value is -0.540. The normalized spacial score (nSPS) is 9.50. The van der Waals surface area contributed by atoms with Crippen molar-refractivity contribution in [2.45, 2.75) is 32.9 Å². The lowest BCUT2D eigenvalue weighted by Gasteiger charge is -2.03. The van der Waals surface area contributed by atoms with Crippen molar-refractivity contribution in [3.05, 3.63) is 18.2 Å². The minimum atomic E-state index is 0. The zero-order chi connectivity index (χ0) is 8.10. The highest BCUT2D eigenvalue weighted by atomic mass is 35.5. The summed E-state index contributed by atoms with van der Waals surface area (Å²) >= 11 is 0. The van der Waals surface area contributed by atoms with E-state index in [2.05, 4.69) is 16.5 Å². The first-order valence-corrected chi connectivity index (χ1v) is 4.08. The summed E-state index contributed by atoms with van der Waals surface area (Å²) in [6.45, 7) is 3.76. The molecular formula is C8H16ClN3. The van der Waals surface area contributed by atoms with Crippen LogP contribution in [0.4, 0.5) is 0 Å². The second-order valence-electron chi connectivity index (χ2n) is 2.59. The SMILES string of the molecule is CCCCn1ccnc1CN.Cl. The maximum atomic E-state index is 5.48. The van der Waals surface area contributed by atoms with Gasteiger partial charge in [-0.15, -0.1) is 12.4 Å². The summed E-state index contributed by atoms with van der Waals surface area (Å²) in [5.41, 5.74) is 5.48. The molecule has 4 heteroatoms. The summed E-state index contributed by atoms with van der Waals surface area (Å²) in [5.74, 6) is 0.985. The van der Waals surface area contributed by atoms with Gasteiger partial charge >= 0.3 is 0 Å². The molecular weight excluding hydrogens is 174 g/mol. The second-order valence-corrected chi connectivity index (χ2v) is 2.59. The fraction of sp³-hybridized carbons (Fsp3) is 0.625. The van der Waals surface area contributed by atoms with Crippen LogP contribution >= 0.6 is 12.4 Å². The van der Waals surface area contributed by atoms with Gasteiger partial charge in [0.1, 0.15) is 5.82 Å². The van der Waals surface area contributed by atoms with E-state index < -0.39 is 0 Å². The van der Waals surface area contributed by atoms with Crippen LogP contribution in [0.1, 0.15) is 25.6 Å². The molecule has 0 aliphatic carbocycles. The number of unbranched alkanes of at least 4 members (excludes halogenated alkanes) is 1. The molecule has 1 aromatic heterocycles. The molecule has 0 bridgehead atoms. The Morgan fingerprint density at radius 2 is 2.33 bits per heavy atom. The number of nitrogens with zero attached hydrogens (tertiary/aromatic N) is 2. The van der Waals surface area contributed by atoms with Gasteiger partial charge in [-0.2, -0.15) is 0 Å². The summed E-state index contributed by atoms with van der Waals surface area (Å²) < 4.78 is 2.11. The van der Waals surface area contributed by atoms with Crippen LogP contribution in [0.25, 0.3) is 0 Å². The van der Waals surface area contributed by atoms with Crippen LogP contribution in [-0.4, -0.2) is 9.55 Å². The van der Waals surface area contributed by atoms with Gasteiger partial charge in [-0.1, -0.05) is 13.3 Å². The molecule has 3 nitrogen and oxygen atoms in total. The number of hydrogen-bond donors (Lipinski definition) is 1. The summed E-state index contributed by atoms with van der Waals surface area (Å²) in [7, 11) is 0. The second kappa shape index (κ2) is 6.03. The first kappa shape index (κ1) is 11.5. The molecule has 0 aromatic carbocycles. The molecule has 2 N–H and O–H groups in total. The highest BCUT2D eigenvalue weighted by Gasteiger charge is 1.97. The number of aromatic nitrogens is 2. The van der Waals surface area contributed by atoms with Crippen LogP contribution in [-0.2, 0) is 13.1 Å². The molecule has 0 unspecified atom stereocenters. The van der Waals surface area contributed by atoms with Gasteiger partial charge in [0.2, 0.25) is 0 Å². The van der Waals surface area contributed by atoms with Crippen molar-refractivity contribution in [1.82, 2.24) is 9.55 Å². The Morgan fingerprint density at radius 3 is 2.92 bits per heavy atom. The monoisotopic (exact) mass is 189 g/mol. The van der Waals surface area contributed by atoms with E-state index in [1.165, 1.54) is 12.8 Å². The largest absolute Gasteiger partial charge is 0.334 e. The van der Waals surface area contributed by atoms with Crippen molar-refractivity contribution in [2.24, 2.45) is 5.73 Å². The number of aryl methyl sites for hydroxylation is 1. The maximum Gasteiger partial charge on any atom is 0.122 e. The van der Waals surface area contributed by atoms with E-state index in [-0.39, 0.29) is 12.4 Å². The summed E-state index contributed by atoms with van der Waals surface area (Å²) in [6.07, 6.45) is 6.20. The first-order valence-electron chi connectivity index (χ1n) is 4.08. The van der Waals surface area contributed by atoms with Crippen LogP contribution < -0.4 is 5.73 Å². The summed E-state index contributed by atoms with van der Waals surface area (Å²) in [6, 6.07) is 0. The molecule has 0 amide bonds. The van der Waals surface area contributed by atoms with E-state index in [4.69, 9.17) is 5.73 Å². The van der Waals surface area contributed by atoms with Gasteiger partial charge in [-0.25, -0.2) is 4.98 Å². The lowest BCUT2D eigenvalue weighted by Crippen LogP contribution is -2.07. The molecule has 70 valence electrons. The average molecular weight is 190 g/mol. The highest BCUT2D eigenvalue weighted by molar-refractivity contribution is 5.85. The summed E-state index contributed by atoms with van der Waals surface area (Å²) in [5, 5.41) is 0. The number of hydrogen-bond acceptors (Lipinski definition) is 2. The van der Waals surface area contributed by atoms with E-state index in [1.807, 2.05) is 6.20 Å². The zero-order valence-electron chi connectivity index (χ0n) is 7.36. The average Bonchev–Trinajstić information content (AvgIpc) is 2.47. The Morgan fingerprint density at radius 1 is 1.58 bits per heavy atom. The van der Waals surface area contributed by atoms with Gasteiger partial charge in [0.05, 0.1) is 6.54 Å². The lowest BCUT2D eigenvalue weighted by atomic mass is 10.3. The van der Waals surface area contributed by atoms with E-state index in [0.29, 0.717) is 6.54 Å². The number of nitrogens with two attached hydrogens (primary N) is 1. The molecule has 1 rings (SSSR count). The first-order chi connectivity index (χ1) is 5.38. The van der Waals surface area contributed by atoms with Crippen LogP contribution in [0.2, 0.25) is 0 Å². The molecule has 0 radical (unpaired) electrons. The molecule has 1 heterocycles. The molecule has 0 aliphatic rings. The fourth-order valence-electron chi connectivity index (χ4n) is 1.06. The number of halogens is 1. The van der Waals surface area contributed by atoms with Crippen molar-refractivity contribution >= 4 is 12.4 Å². The number of rotatable bonds is 4. The predicted molar refractivity (Wildman–Crippen MR) is 52.3 cm³/mol. The summed E-state index contributed by atoms with van der Waals surface area (Å²) in [4.78, 5) is 4.13. The third-order valence-electron chi connectivity index (χ3n) is 1.74. The smallest absolute Gasteiger partial charge is 0.122 e. The van der Waals surface area contributed by atoms with Gasteiger partial charge in [-0.05, 0) is 6.42 Å². The minimum Gasteiger partial charge on any atom is -0.334 e. The Kier molecular flexibility index (Phi) is 5.76. The van der Waals surface area contributed by atoms with E-state index >= 15 is 0 Å². The molecule has 0 fully saturated rings. The van der Waals surface area contributed by atoms with Crippen molar-refractivity contribution in [1.29, 1.82) is 0 Å². The fourth-order valence-corrected chi connectivity index (χ4v) is 1.06. The topological polar surface area (TPSA) is 43.8 Å². The van der Waals surface area contributed by atoms with Crippen LogP contribution in [0.3, 0.4) is 0 Å². The van der Waals surface area contributed by atoms with Crippen molar-refractivity contribution in [3.63, 3.8) is 0 Å². The van der Waals surface area contributed by atoms with Crippen LogP contribution in [0.15, 0.2) is 12.4 Å². The zero-order valence-corrected chi connectivity index (χ0v) is 8.18. The third-order valence-corrected chi connectivity index (χ3v) is 1.74. The van der Waals surface area contributed by atoms with E-state index in [0.717, 1.165) is 12.4 Å². The lowest BCUT2D eigenvalue weighted by molar-refractivity contribution is 0.603. The van der Waals surface area contributed by atoms with Gasteiger partial charge in [0.15, 0.2) is 0 Å². The molecule has 0 aliphatic heterocycles. The van der Waals surface area contributed by atoms with E-state index in [1.54, 1.807) is 6.20 Å². The van der Waals surface area contributed by atoms with Gasteiger partial charge < -0.3 is 10.3 Å². The van der Waals surface area contributed by atoms with Crippen molar-refractivity contribution in [3.8, 4) is 0 Å². The molecule has 12 heavy (non-hydrogen) atoms. The molecule has 0 saturated heterocycles. The molecule has 0 atom stereocenters. The van der Waals surface area contributed by atoms with Gasteiger partial charge in [0.25, 0.3) is 0 Å². The number of imidazole rings is 1. The minimum absolute atomic E-state index is 0. The maximum absolute atomic E-state index is 5.48. The van der Waals surface area contributed by atoms with Gasteiger partial charge in [0, 0.05) is 18.9 Å². The van der Waals surface area contributed by atoms with Gasteiger partial charge in [-0.3, -0.25) is 0 Å². The van der Waals surface area contributed by atoms with Crippen LogP contribution in [0.5, 0.6) is 0 Å². The third kappa shape index (κ3) is 2.83. The molecule has 0 saturated carbocycles. The Bertz CT molecular complexity index is 210. The van der Waals surface area contributed by atoms with Crippen molar-refractivity contribution in [2.75, 3.05) is 0 Å². The Labute approximate surface area is 79.4 Å². The predicted octanol–water partition coefficient (Wildman–Crippen LogP) is 1.56.